The number of halogens is 1. The van der Waals surface area contributed by atoms with E-state index < -0.39 is 11.9 Å². The minimum Gasteiger partial charge on any atom is -0.351 e. The molecule has 37 heavy (non-hydrogen) atoms. The lowest BCUT2D eigenvalue weighted by Crippen LogP contribution is -2.46. The molecule has 1 aliphatic rings. The van der Waals surface area contributed by atoms with Crippen LogP contribution in [0.2, 0.25) is 0 Å². The Bertz CT molecular complexity index is 1340. The van der Waals surface area contributed by atoms with Crippen molar-refractivity contribution in [2.75, 3.05) is 0 Å². The molecule has 3 aromatic heterocycles. The van der Waals surface area contributed by atoms with Crippen LogP contribution in [0.5, 0.6) is 0 Å². The molecule has 1 atom stereocenters. The van der Waals surface area contributed by atoms with Gasteiger partial charge in [0, 0.05) is 23.3 Å². The van der Waals surface area contributed by atoms with Crippen molar-refractivity contribution >= 4 is 23.2 Å². The second-order valence-corrected chi connectivity index (χ2v) is 9.93. The van der Waals surface area contributed by atoms with E-state index in [0.29, 0.717) is 5.56 Å². The Kier molecular flexibility index (Phi) is 7.59. The molecular weight excluding hydrogens is 493 g/mol. The van der Waals surface area contributed by atoms with Crippen molar-refractivity contribution in [2.24, 2.45) is 0 Å². The molecule has 1 aromatic carbocycles. The molecule has 0 saturated heterocycles. The Balaban J connectivity index is 1.44. The lowest BCUT2D eigenvalue weighted by atomic mass is 10.0. The number of thiophene rings is 1. The molecule has 5 rings (SSSR count). The number of tetrazole rings is 1. The Morgan fingerprint density at radius 1 is 1.11 bits per heavy atom. The van der Waals surface area contributed by atoms with Gasteiger partial charge < -0.3 is 10.2 Å². The first-order valence-electron chi connectivity index (χ1n) is 12.1. The third-order valence-electron chi connectivity index (χ3n) is 6.35. The summed E-state index contributed by atoms with van der Waals surface area (Å²) in [6.07, 6.45) is 7.22. The van der Waals surface area contributed by atoms with E-state index in [0.717, 1.165) is 35.4 Å². The Labute approximate surface area is 217 Å². The first-order chi connectivity index (χ1) is 18.1. The topological polar surface area (TPSA) is 106 Å². The predicted molar refractivity (Wildman–Crippen MR) is 135 cm³/mol. The summed E-state index contributed by atoms with van der Waals surface area (Å²) in [6, 6.07) is 12.7. The molecule has 0 spiro atoms. The van der Waals surface area contributed by atoms with Crippen LogP contribution in [-0.2, 0) is 22.7 Å². The highest BCUT2D eigenvalue weighted by Gasteiger charge is 2.34. The molecule has 2 amide bonds. The third kappa shape index (κ3) is 5.88. The molecule has 9 nitrogen and oxygen atoms in total. The van der Waals surface area contributed by atoms with Gasteiger partial charge in [-0.05, 0) is 59.3 Å². The first-order valence-corrected chi connectivity index (χ1v) is 13.0. The van der Waals surface area contributed by atoms with Crippen LogP contribution in [0.15, 0.2) is 66.3 Å². The molecule has 190 valence electrons. The largest absolute Gasteiger partial charge is 0.351 e. The van der Waals surface area contributed by atoms with Gasteiger partial charge in [-0.1, -0.05) is 31.0 Å². The summed E-state index contributed by atoms with van der Waals surface area (Å²) < 4.78 is 14.2. The fourth-order valence-electron chi connectivity index (χ4n) is 4.54. The molecule has 0 bridgehead atoms. The average molecular weight is 520 g/mol. The van der Waals surface area contributed by atoms with Crippen molar-refractivity contribution in [3.63, 3.8) is 0 Å². The van der Waals surface area contributed by atoms with Crippen LogP contribution in [0.25, 0.3) is 11.4 Å². The van der Waals surface area contributed by atoms with Crippen LogP contribution in [-0.4, -0.2) is 47.9 Å². The van der Waals surface area contributed by atoms with Crippen LogP contribution in [0.1, 0.15) is 42.2 Å². The van der Waals surface area contributed by atoms with E-state index in [2.05, 4.69) is 25.7 Å². The van der Waals surface area contributed by atoms with E-state index >= 15 is 0 Å². The number of benzene rings is 1. The number of amides is 2. The smallest absolute Gasteiger partial charge is 0.247 e. The third-order valence-corrected chi connectivity index (χ3v) is 7.22. The maximum Gasteiger partial charge on any atom is 0.247 e. The maximum atomic E-state index is 14.2. The zero-order valence-corrected chi connectivity index (χ0v) is 20.9. The summed E-state index contributed by atoms with van der Waals surface area (Å²) in [7, 11) is 0. The van der Waals surface area contributed by atoms with Gasteiger partial charge >= 0.3 is 0 Å². The van der Waals surface area contributed by atoms with Crippen LogP contribution in [0.4, 0.5) is 4.39 Å². The van der Waals surface area contributed by atoms with Crippen molar-refractivity contribution in [3.05, 3.63) is 82.6 Å². The predicted octanol–water partition coefficient (Wildman–Crippen LogP) is 3.76. The normalized spacial score (nSPS) is 14.4. The summed E-state index contributed by atoms with van der Waals surface area (Å²) in [5, 5.41) is 17.2. The molecule has 11 heteroatoms. The number of pyridine rings is 1. The number of carbonyl (C=O) groups is 2. The molecule has 0 radical (unpaired) electrons. The minimum absolute atomic E-state index is 0.0837. The lowest BCUT2D eigenvalue weighted by molar-refractivity contribution is -0.142. The summed E-state index contributed by atoms with van der Waals surface area (Å²) >= 11 is 1.51. The average Bonchev–Trinajstić information content (AvgIpc) is 3.69. The van der Waals surface area contributed by atoms with E-state index in [1.165, 1.54) is 22.3 Å². The number of nitrogens with one attached hydrogen (secondary N) is 1. The summed E-state index contributed by atoms with van der Waals surface area (Å²) in [6.45, 7) is -0.0262. The van der Waals surface area contributed by atoms with E-state index in [4.69, 9.17) is 0 Å². The van der Waals surface area contributed by atoms with Crippen LogP contribution in [0, 0.1) is 5.82 Å². The zero-order chi connectivity index (χ0) is 25.6. The van der Waals surface area contributed by atoms with Crippen molar-refractivity contribution < 1.29 is 14.0 Å². The second kappa shape index (κ2) is 11.4. The molecule has 1 saturated carbocycles. The van der Waals surface area contributed by atoms with E-state index in [-0.39, 0.29) is 42.3 Å². The summed E-state index contributed by atoms with van der Waals surface area (Å²) in [4.78, 5) is 35.1. The standard InChI is InChI=1S/C26H26FN7O2S/c27-22-10-4-3-9-21(22)25-30-32-34(31-25)17-23(35)33(16-20-8-5-15-37-20)24(18-11-13-28-14-12-18)26(36)29-19-6-1-2-7-19/h3-5,8-15,19,24H,1-2,6-7,16-17H2,(H,29,36). The first kappa shape index (κ1) is 24.7. The SMILES string of the molecule is O=C(NC1CCCC1)C(c1ccncc1)N(Cc1cccs1)C(=O)Cn1nnc(-c2ccccc2F)n1. The fourth-order valence-corrected chi connectivity index (χ4v) is 5.24. The van der Waals surface area contributed by atoms with Gasteiger partial charge in [0.15, 0.2) is 0 Å². The quantitative estimate of drug-likeness (QED) is 0.361. The Morgan fingerprint density at radius 3 is 2.62 bits per heavy atom. The number of aromatic nitrogens is 5. The molecule has 0 aliphatic heterocycles. The monoisotopic (exact) mass is 519 g/mol. The van der Waals surface area contributed by atoms with Gasteiger partial charge in [-0.15, -0.1) is 21.5 Å². The fraction of sp³-hybridized carbons (Fsp3) is 0.308. The molecule has 3 heterocycles. The second-order valence-electron chi connectivity index (χ2n) is 8.90. The highest BCUT2D eigenvalue weighted by Crippen LogP contribution is 2.27. The van der Waals surface area contributed by atoms with E-state index in [9.17, 15) is 14.0 Å². The Hall–Kier alpha value is -3.99. The summed E-state index contributed by atoms with van der Waals surface area (Å²) in [5.74, 6) is -0.995. The molecule has 1 N–H and O–H groups in total. The van der Waals surface area contributed by atoms with Crippen LogP contribution < -0.4 is 5.32 Å². The molecule has 4 aromatic rings. The van der Waals surface area contributed by atoms with Crippen molar-refractivity contribution in [1.82, 2.24) is 35.4 Å². The van der Waals surface area contributed by atoms with Gasteiger partial charge in [-0.3, -0.25) is 14.6 Å². The van der Waals surface area contributed by atoms with Crippen molar-refractivity contribution in [3.8, 4) is 11.4 Å². The van der Waals surface area contributed by atoms with Gasteiger partial charge in [0.1, 0.15) is 18.4 Å². The van der Waals surface area contributed by atoms with Gasteiger partial charge in [0.05, 0.1) is 12.1 Å². The van der Waals surface area contributed by atoms with Crippen LogP contribution in [0.3, 0.4) is 0 Å². The maximum absolute atomic E-state index is 14.2. The van der Waals surface area contributed by atoms with Gasteiger partial charge in [-0.25, -0.2) is 4.39 Å². The van der Waals surface area contributed by atoms with E-state index in [1.807, 2.05) is 17.5 Å². The lowest BCUT2D eigenvalue weighted by Gasteiger charge is -2.31. The molecule has 1 aliphatic carbocycles. The summed E-state index contributed by atoms with van der Waals surface area (Å²) in [5.41, 5.74) is 0.858. The number of hydrogen-bond donors (Lipinski definition) is 1. The van der Waals surface area contributed by atoms with E-state index in [1.54, 1.807) is 42.7 Å². The van der Waals surface area contributed by atoms with Gasteiger partial charge in [0.2, 0.25) is 17.6 Å². The molecule has 1 unspecified atom stereocenters. The zero-order valence-electron chi connectivity index (χ0n) is 20.0. The molecule has 1 fully saturated rings. The number of rotatable bonds is 9. The number of hydrogen-bond acceptors (Lipinski definition) is 7. The minimum atomic E-state index is -0.868. The number of carbonyl (C=O) groups excluding carboxylic acids is 2. The Morgan fingerprint density at radius 2 is 1.89 bits per heavy atom. The van der Waals surface area contributed by atoms with Crippen molar-refractivity contribution in [2.45, 2.75) is 50.9 Å². The van der Waals surface area contributed by atoms with Crippen molar-refractivity contribution in [1.29, 1.82) is 0 Å². The highest BCUT2D eigenvalue weighted by atomic mass is 32.1. The highest BCUT2D eigenvalue weighted by molar-refractivity contribution is 7.09. The molecular formula is C26H26FN7O2S. The number of nitrogens with zero attached hydrogens (tertiary/aromatic N) is 6. The van der Waals surface area contributed by atoms with Gasteiger partial charge in [0.25, 0.3) is 0 Å². The van der Waals surface area contributed by atoms with Gasteiger partial charge in [-0.2, -0.15) is 4.80 Å². The van der Waals surface area contributed by atoms with Crippen LogP contribution >= 0.6 is 11.3 Å².